The van der Waals surface area contributed by atoms with Gasteiger partial charge >= 0.3 is 11.9 Å². The molecule has 0 heterocycles. The molecule has 0 atom stereocenters. The standard InChI is InChI=1S/C15H20O6/c1-4-5-8-15(13(18)20-2,14(19)21-3)10-6-7-11(16)12(17)9-10/h6-7,9,16-17H,4-5,8H2,1-3H3. The molecule has 0 spiro atoms. The van der Waals surface area contributed by atoms with Gasteiger partial charge in [-0.05, 0) is 24.1 Å². The molecular weight excluding hydrogens is 276 g/mol. The Morgan fingerprint density at radius 2 is 1.67 bits per heavy atom. The number of carbonyl (C=O) groups is 2. The number of ether oxygens (including phenoxy) is 2. The highest BCUT2D eigenvalue weighted by atomic mass is 16.5. The van der Waals surface area contributed by atoms with Crippen LogP contribution in [-0.2, 0) is 24.5 Å². The maximum Gasteiger partial charge on any atom is 0.327 e. The van der Waals surface area contributed by atoms with Gasteiger partial charge in [-0.2, -0.15) is 0 Å². The number of methoxy groups -OCH3 is 2. The summed E-state index contributed by atoms with van der Waals surface area (Å²) in [7, 11) is 2.37. The van der Waals surface area contributed by atoms with Gasteiger partial charge in [-0.3, -0.25) is 9.59 Å². The molecule has 0 radical (unpaired) electrons. The number of unbranched alkanes of at least 4 members (excludes halogenated alkanes) is 1. The molecule has 0 aromatic heterocycles. The van der Waals surface area contributed by atoms with E-state index in [9.17, 15) is 19.8 Å². The molecule has 116 valence electrons. The SMILES string of the molecule is CCCCC(C(=O)OC)(C(=O)OC)c1ccc(O)c(O)c1. The maximum absolute atomic E-state index is 12.3. The topological polar surface area (TPSA) is 93.1 Å². The molecule has 1 aromatic rings. The number of phenolic OH excluding ortho intramolecular Hbond substituents is 2. The van der Waals surface area contributed by atoms with Crippen LogP contribution in [0, 0.1) is 0 Å². The summed E-state index contributed by atoms with van der Waals surface area (Å²) in [5.41, 5.74) is -1.42. The lowest BCUT2D eigenvalue weighted by molar-refractivity contribution is -0.162. The van der Waals surface area contributed by atoms with Crippen LogP contribution in [0.1, 0.15) is 31.7 Å². The molecule has 0 bridgehead atoms. The summed E-state index contributed by atoms with van der Waals surface area (Å²) in [6.45, 7) is 1.92. The molecule has 0 aliphatic heterocycles. The van der Waals surface area contributed by atoms with Crippen LogP contribution in [0.3, 0.4) is 0 Å². The van der Waals surface area contributed by atoms with E-state index in [2.05, 4.69) is 0 Å². The van der Waals surface area contributed by atoms with Crippen molar-refractivity contribution >= 4 is 11.9 Å². The molecule has 0 unspecified atom stereocenters. The third kappa shape index (κ3) is 3.09. The fraction of sp³-hybridized carbons (Fsp3) is 0.467. The number of hydrogen-bond donors (Lipinski definition) is 2. The van der Waals surface area contributed by atoms with Crippen LogP contribution < -0.4 is 0 Å². The molecule has 2 N–H and O–H groups in total. The summed E-state index contributed by atoms with van der Waals surface area (Å²) in [5.74, 6) is -2.26. The molecule has 0 fully saturated rings. The molecule has 0 amide bonds. The zero-order chi connectivity index (χ0) is 16.0. The second kappa shape index (κ2) is 6.97. The molecule has 0 aliphatic rings. The largest absolute Gasteiger partial charge is 0.504 e. The molecule has 6 nitrogen and oxygen atoms in total. The van der Waals surface area contributed by atoms with Crippen molar-refractivity contribution in [2.45, 2.75) is 31.6 Å². The first-order chi connectivity index (χ1) is 9.93. The molecule has 1 rings (SSSR count). The smallest absolute Gasteiger partial charge is 0.327 e. The van der Waals surface area contributed by atoms with Crippen molar-refractivity contribution in [3.05, 3.63) is 23.8 Å². The van der Waals surface area contributed by atoms with E-state index in [1.165, 1.54) is 32.4 Å². The van der Waals surface area contributed by atoms with Gasteiger partial charge in [0.25, 0.3) is 0 Å². The van der Waals surface area contributed by atoms with Gasteiger partial charge in [-0.15, -0.1) is 0 Å². The van der Waals surface area contributed by atoms with Crippen LogP contribution in [0.5, 0.6) is 11.5 Å². The van der Waals surface area contributed by atoms with Gasteiger partial charge in [0.15, 0.2) is 16.9 Å². The Hall–Kier alpha value is -2.24. The van der Waals surface area contributed by atoms with E-state index in [0.29, 0.717) is 6.42 Å². The van der Waals surface area contributed by atoms with Crippen LogP contribution in [0.2, 0.25) is 0 Å². The average Bonchev–Trinajstić information content (AvgIpc) is 2.50. The number of hydrogen-bond acceptors (Lipinski definition) is 6. The van der Waals surface area contributed by atoms with E-state index in [1.807, 2.05) is 6.92 Å². The average molecular weight is 296 g/mol. The van der Waals surface area contributed by atoms with Gasteiger partial charge < -0.3 is 19.7 Å². The number of phenols is 2. The van der Waals surface area contributed by atoms with Crippen LogP contribution in [-0.4, -0.2) is 36.4 Å². The highest BCUT2D eigenvalue weighted by molar-refractivity contribution is 6.06. The van der Waals surface area contributed by atoms with E-state index >= 15 is 0 Å². The van der Waals surface area contributed by atoms with Gasteiger partial charge in [0.2, 0.25) is 0 Å². The van der Waals surface area contributed by atoms with E-state index in [0.717, 1.165) is 6.42 Å². The maximum atomic E-state index is 12.3. The summed E-state index contributed by atoms with van der Waals surface area (Å²) in [5, 5.41) is 19.0. The third-order valence-electron chi connectivity index (χ3n) is 3.44. The fourth-order valence-electron chi connectivity index (χ4n) is 2.25. The van der Waals surface area contributed by atoms with Gasteiger partial charge in [-0.1, -0.05) is 25.8 Å². The van der Waals surface area contributed by atoms with Gasteiger partial charge in [0.05, 0.1) is 14.2 Å². The molecular formula is C15H20O6. The minimum atomic E-state index is -1.65. The summed E-state index contributed by atoms with van der Waals surface area (Å²) in [6, 6.07) is 3.80. The number of esters is 2. The monoisotopic (exact) mass is 296 g/mol. The van der Waals surface area contributed by atoms with Crippen LogP contribution >= 0.6 is 0 Å². The fourth-order valence-corrected chi connectivity index (χ4v) is 2.25. The van der Waals surface area contributed by atoms with Crippen molar-refractivity contribution in [2.24, 2.45) is 0 Å². The first kappa shape index (κ1) is 16.8. The minimum absolute atomic E-state index is 0.188. The van der Waals surface area contributed by atoms with E-state index in [1.54, 1.807) is 0 Å². The van der Waals surface area contributed by atoms with Crippen molar-refractivity contribution < 1.29 is 29.3 Å². The summed E-state index contributed by atoms with van der Waals surface area (Å²) in [4.78, 5) is 24.5. The Labute approximate surface area is 123 Å². The predicted octanol–water partition coefficient (Wildman–Crippen LogP) is 1.87. The zero-order valence-corrected chi connectivity index (χ0v) is 12.4. The Morgan fingerprint density at radius 3 is 2.10 bits per heavy atom. The van der Waals surface area contributed by atoms with Gasteiger partial charge in [0, 0.05) is 0 Å². The number of rotatable bonds is 6. The summed E-state index contributed by atoms with van der Waals surface area (Å²) >= 11 is 0. The zero-order valence-electron chi connectivity index (χ0n) is 12.4. The lowest BCUT2D eigenvalue weighted by Crippen LogP contribution is -2.45. The third-order valence-corrected chi connectivity index (χ3v) is 3.44. The Kier molecular flexibility index (Phi) is 5.58. The summed E-state index contributed by atoms with van der Waals surface area (Å²) < 4.78 is 9.55. The lowest BCUT2D eigenvalue weighted by atomic mass is 9.76. The Morgan fingerprint density at radius 1 is 1.10 bits per heavy atom. The van der Waals surface area contributed by atoms with Crippen molar-refractivity contribution in [1.82, 2.24) is 0 Å². The van der Waals surface area contributed by atoms with Crippen LogP contribution in [0.15, 0.2) is 18.2 Å². The van der Waals surface area contributed by atoms with Crippen molar-refractivity contribution in [3.63, 3.8) is 0 Å². The van der Waals surface area contributed by atoms with E-state index in [4.69, 9.17) is 9.47 Å². The Bertz CT molecular complexity index is 507. The molecule has 21 heavy (non-hydrogen) atoms. The lowest BCUT2D eigenvalue weighted by Gasteiger charge is -2.28. The summed E-state index contributed by atoms with van der Waals surface area (Å²) in [6.07, 6.45) is 1.54. The first-order valence-electron chi connectivity index (χ1n) is 6.63. The van der Waals surface area contributed by atoms with Crippen LogP contribution in [0.25, 0.3) is 0 Å². The molecule has 0 saturated carbocycles. The van der Waals surface area contributed by atoms with Crippen LogP contribution in [0.4, 0.5) is 0 Å². The van der Waals surface area contributed by atoms with Gasteiger partial charge in [0.1, 0.15) is 0 Å². The molecule has 1 aromatic carbocycles. The highest BCUT2D eigenvalue weighted by Gasteiger charge is 2.49. The quantitative estimate of drug-likeness (QED) is 0.473. The van der Waals surface area contributed by atoms with E-state index < -0.39 is 23.1 Å². The number of benzene rings is 1. The van der Waals surface area contributed by atoms with Crippen molar-refractivity contribution in [3.8, 4) is 11.5 Å². The van der Waals surface area contributed by atoms with E-state index in [-0.39, 0.29) is 17.7 Å². The minimum Gasteiger partial charge on any atom is -0.504 e. The van der Waals surface area contributed by atoms with Crippen molar-refractivity contribution in [2.75, 3.05) is 14.2 Å². The molecule has 0 aliphatic carbocycles. The number of aromatic hydroxyl groups is 2. The van der Waals surface area contributed by atoms with Crippen molar-refractivity contribution in [1.29, 1.82) is 0 Å². The Balaban J connectivity index is 3.48. The molecule has 0 saturated heterocycles. The number of carbonyl (C=O) groups excluding carboxylic acids is 2. The normalized spacial score (nSPS) is 11.0. The first-order valence-corrected chi connectivity index (χ1v) is 6.63. The predicted molar refractivity (Wildman–Crippen MR) is 75.0 cm³/mol. The molecule has 6 heteroatoms. The highest BCUT2D eigenvalue weighted by Crippen LogP contribution is 2.37. The second-order valence-electron chi connectivity index (χ2n) is 4.70. The van der Waals surface area contributed by atoms with Gasteiger partial charge in [-0.25, -0.2) is 0 Å². The second-order valence-corrected chi connectivity index (χ2v) is 4.70.